The second kappa shape index (κ2) is 12.5. The molecule has 3 aromatic rings. The highest BCUT2D eigenvalue weighted by Crippen LogP contribution is 2.43. The van der Waals surface area contributed by atoms with Crippen LogP contribution in [0.2, 0.25) is 0 Å². The predicted molar refractivity (Wildman–Crippen MR) is 153 cm³/mol. The molecule has 0 spiro atoms. The Balaban J connectivity index is 1.75. The Bertz CT molecular complexity index is 1370. The number of nitrogens with one attached hydrogen (secondary N) is 1. The van der Waals surface area contributed by atoms with Crippen molar-refractivity contribution in [1.82, 2.24) is 14.8 Å². The van der Waals surface area contributed by atoms with Gasteiger partial charge in [-0.15, -0.1) is 5.10 Å². The quantitative estimate of drug-likeness (QED) is 0.153. The normalized spacial score (nSPS) is 14.5. The number of carbonyl (C=O) groups is 1. The average molecular weight is 600 g/mol. The van der Waals surface area contributed by atoms with Crippen LogP contribution in [-0.2, 0) is 16.1 Å². The maximum absolute atomic E-state index is 13.2. The van der Waals surface area contributed by atoms with Crippen LogP contribution in [0.15, 0.2) is 70.0 Å². The fourth-order valence-corrected chi connectivity index (χ4v) is 5.42. The summed E-state index contributed by atoms with van der Waals surface area (Å²) in [4.78, 5) is 17.9. The fraction of sp³-hybridized carbons (Fsp3) is 0.321. The van der Waals surface area contributed by atoms with Crippen LogP contribution in [0.3, 0.4) is 0 Å². The summed E-state index contributed by atoms with van der Waals surface area (Å²) in [5.41, 5.74) is 4.05. The average Bonchev–Trinajstić information content (AvgIpc) is 3.30. The van der Waals surface area contributed by atoms with Gasteiger partial charge < -0.3 is 19.5 Å². The topological polar surface area (TPSA) is 87.5 Å². The van der Waals surface area contributed by atoms with Gasteiger partial charge in [-0.05, 0) is 59.5 Å². The van der Waals surface area contributed by atoms with Crippen LogP contribution >= 0.6 is 27.7 Å². The summed E-state index contributed by atoms with van der Waals surface area (Å²) in [5, 5.41) is 8.60. The summed E-state index contributed by atoms with van der Waals surface area (Å²) in [6.07, 6.45) is 2.54. The zero-order chi connectivity index (χ0) is 27.2. The van der Waals surface area contributed by atoms with Gasteiger partial charge >= 0.3 is 5.97 Å². The number of allylic oxidation sites excluding steroid dienone is 1. The monoisotopic (exact) mass is 598 g/mol. The van der Waals surface area contributed by atoms with Crippen molar-refractivity contribution >= 4 is 39.6 Å². The first-order valence-electron chi connectivity index (χ1n) is 12.3. The third kappa shape index (κ3) is 6.07. The second-order valence-electron chi connectivity index (χ2n) is 8.78. The van der Waals surface area contributed by atoms with E-state index < -0.39 is 12.0 Å². The van der Waals surface area contributed by atoms with Gasteiger partial charge in [-0.3, -0.25) is 0 Å². The minimum Gasteiger partial charge on any atom is -0.493 e. The first-order valence-corrected chi connectivity index (χ1v) is 14.0. The smallest absolute Gasteiger partial charge is 0.338 e. The summed E-state index contributed by atoms with van der Waals surface area (Å²) in [6.45, 7) is 10.1. The molecule has 1 atom stereocenters. The van der Waals surface area contributed by atoms with E-state index in [-0.39, 0.29) is 6.61 Å². The number of aromatic nitrogens is 3. The molecule has 38 heavy (non-hydrogen) atoms. The number of ether oxygens (including phenoxy) is 3. The van der Waals surface area contributed by atoms with Crippen LogP contribution < -0.4 is 14.8 Å². The highest BCUT2D eigenvalue weighted by Gasteiger charge is 2.36. The molecule has 0 fully saturated rings. The highest BCUT2D eigenvalue weighted by atomic mass is 79.9. The van der Waals surface area contributed by atoms with Gasteiger partial charge in [0.15, 0.2) is 11.5 Å². The van der Waals surface area contributed by atoms with E-state index in [0.29, 0.717) is 45.0 Å². The second-order valence-corrected chi connectivity index (χ2v) is 10.7. The van der Waals surface area contributed by atoms with Crippen LogP contribution in [0.5, 0.6) is 11.5 Å². The molecule has 10 heteroatoms. The Morgan fingerprint density at radius 1 is 1.29 bits per heavy atom. The third-order valence-electron chi connectivity index (χ3n) is 5.85. The van der Waals surface area contributed by atoms with Gasteiger partial charge in [0, 0.05) is 11.4 Å². The number of hydrogen-bond acceptors (Lipinski definition) is 8. The van der Waals surface area contributed by atoms with Crippen molar-refractivity contribution in [3.8, 4) is 11.5 Å². The lowest BCUT2D eigenvalue weighted by Crippen LogP contribution is -2.29. The minimum absolute atomic E-state index is 0.100. The summed E-state index contributed by atoms with van der Waals surface area (Å²) in [5.74, 6) is 2.08. The van der Waals surface area contributed by atoms with Crippen molar-refractivity contribution in [2.45, 2.75) is 45.0 Å². The van der Waals surface area contributed by atoms with E-state index in [0.717, 1.165) is 28.9 Å². The number of nitrogens with zero attached hydrogens (tertiary/aromatic N) is 3. The Hall–Kier alpha value is -3.24. The number of halogens is 1. The Morgan fingerprint density at radius 3 is 2.82 bits per heavy atom. The lowest BCUT2D eigenvalue weighted by molar-refractivity contribution is -0.138. The van der Waals surface area contributed by atoms with Gasteiger partial charge in [-0.2, -0.15) is 4.98 Å². The largest absolute Gasteiger partial charge is 0.493 e. The number of esters is 1. The molecule has 1 N–H and O–H groups in total. The van der Waals surface area contributed by atoms with Crippen LogP contribution in [0, 0.1) is 6.92 Å². The van der Waals surface area contributed by atoms with E-state index in [9.17, 15) is 4.79 Å². The summed E-state index contributed by atoms with van der Waals surface area (Å²) in [6, 6.07) is 11.3. The number of methoxy groups -OCH3 is 1. The van der Waals surface area contributed by atoms with E-state index in [1.54, 1.807) is 29.6 Å². The van der Waals surface area contributed by atoms with Crippen LogP contribution in [0.1, 0.15) is 43.0 Å². The molecule has 1 aliphatic heterocycles. The molecule has 8 nitrogen and oxygen atoms in total. The molecular formula is C28H31BrN4O4S. The zero-order valence-corrected chi connectivity index (χ0v) is 24.3. The predicted octanol–water partition coefficient (Wildman–Crippen LogP) is 6.46. The number of anilines is 1. The van der Waals surface area contributed by atoms with Crippen molar-refractivity contribution in [2.75, 3.05) is 24.8 Å². The number of rotatable bonds is 11. The SMILES string of the molecule is C=CCOC(=O)C1=C(C)Nc2nc(SCCC)nn2C1c1cc(Br)c(OCc2cccc(C)c2)c(OC)c1. The van der Waals surface area contributed by atoms with E-state index in [2.05, 4.69) is 45.8 Å². The fourth-order valence-electron chi connectivity index (χ4n) is 4.17. The van der Waals surface area contributed by atoms with Crippen molar-refractivity contribution < 1.29 is 19.0 Å². The van der Waals surface area contributed by atoms with Crippen LogP contribution in [0.4, 0.5) is 5.95 Å². The molecule has 1 aromatic heterocycles. The van der Waals surface area contributed by atoms with Gasteiger partial charge in [0.25, 0.3) is 0 Å². The number of benzene rings is 2. The van der Waals surface area contributed by atoms with Gasteiger partial charge in [-0.1, -0.05) is 61.2 Å². The number of aryl methyl sites for hydroxylation is 1. The molecule has 0 amide bonds. The third-order valence-corrected chi connectivity index (χ3v) is 7.49. The number of thioether (sulfide) groups is 1. The lowest BCUT2D eigenvalue weighted by atomic mass is 9.95. The molecule has 200 valence electrons. The molecule has 1 aliphatic rings. The highest BCUT2D eigenvalue weighted by molar-refractivity contribution is 9.10. The first kappa shape index (κ1) is 27.8. The van der Waals surface area contributed by atoms with Crippen molar-refractivity contribution in [3.05, 3.63) is 81.5 Å². The lowest BCUT2D eigenvalue weighted by Gasteiger charge is -2.28. The van der Waals surface area contributed by atoms with Crippen molar-refractivity contribution in [1.29, 1.82) is 0 Å². The molecule has 0 aliphatic carbocycles. The molecule has 0 saturated carbocycles. The van der Waals surface area contributed by atoms with Gasteiger partial charge in [0.1, 0.15) is 19.3 Å². The molecular weight excluding hydrogens is 568 g/mol. The maximum atomic E-state index is 13.2. The van der Waals surface area contributed by atoms with Gasteiger partial charge in [0.2, 0.25) is 11.1 Å². The molecule has 0 saturated heterocycles. The molecule has 1 unspecified atom stereocenters. The first-order chi connectivity index (χ1) is 18.4. The summed E-state index contributed by atoms with van der Waals surface area (Å²) >= 11 is 5.24. The molecule has 4 rings (SSSR count). The standard InChI is InChI=1S/C28H31BrN4O4S/c1-6-11-36-26(34)23-18(4)30-27-31-28(38-12-7-2)32-33(27)24(23)20-14-21(29)25(22(15-20)35-5)37-16-19-10-8-9-17(3)13-19/h6,8-10,13-15,24H,1,7,11-12,16H2,2-5H3,(H,30,31,32). The minimum atomic E-state index is -0.594. The van der Waals surface area contributed by atoms with Gasteiger partial charge in [-0.25, -0.2) is 9.48 Å². The van der Waals surface area contributed by atoms with Crippen molar-refractivity contribution in [2.24, 2.45) is 0 Å². The van der Waals surface area contributed by atoms with E-state index in [4.69, 9.17) is 19.3 Å². The molecule has 2 aromatic carbocycles. The van der Waals surface area contributed by atoms with Crippen LogP contribution in [-0.4, -0.2) is 40.2 Å². The zero-order valence-electron chi connectivity index (χ0n) is 21.9. The van der Waals surface area contributed by atoms with Gasteiger partial charge in [0.05, 0.1) is 17.2 Å². The summed E-state index contributed by atoms with van der Waals surface area (Å²) in [7, 11) is 1.59. The maximum Gasteiger partial charge on any atom is 0.338 e. The molecule has 0 radical (unpaired) electrons. The molecule has 0 bridgehead atoms. The Labute approximate surface area is 235 Å². The van der Waals surface area contributed by atoms with Crippen molar-refractivity contribution in [3.63, 3.8) is 0 Å². The molecule has 2 heterocycles. The Kier molecular flexibility index (Phi) is 9.17. The Morgan fingerprint density at radius 2 is 2.11 bits per heavy atom. The van der Waals surface area contributed by atoms with E-state index in [1.165, 1.54) is 0 Å². The summed E-state index contributed by atoms with van der Waals surface area (Å²) < 4.78 is 19.8. The van der Waals surface area contributed by atoms with E-state index in [1.807, 2.05) is 44.2 Å². The number of fused-ring (bicyclic) bond motifs is 1. The number of carbonyl (C=O) groups excluding carboxylic acids is 1. The van der Waals surface area contributed by atoms with E-state index >= 15 is 0 Å². The van der Waals surface area contributed by atoms with Crippen LogP contribution in [0.25, 0.3) is 0 Å². The number of hydrogen-bond donors (Lipinski definition) is 1.